The monoisotopic (exact) mass is 174 g/mol. The second kappa shape index (κ2) is 3.80. The lowest BCUT2D eigenvalue weighted by Gasteiger charge is -2.11. The van der Waals surface area contributed by atoms with Gasteiger partial charge in [0.2, 0.25) is 0 Å². The van der Waals surface area contributed by atoms with E-state index >= 15 is 0 Å². The van der Waals surface area contributed by atoms with E-state index < -0.39 is 0 Å². The van der Waals surface area contributed by atoms with Gasteiger partial charge in [-0.1, -0.05) is 26.7 Å². The summed E-state index contributed by atoms with van der Waals surface area (Å²) in [6.07, 6.45) is 6.89. The predicted octanol–water partition coefficient (Wildman–Crippen LogP) is 3.83. The summed E-state index contributed by atoms with van der Waals surface area (Å²) >= 11 is 5.87. The number of hydrogen-bond donors (Lipinski definition) is 0. The van der Waals surface area contributed by atoms with Gasteiger partial charge in [-0.2, -0.15) is 0 Å². The molecule has 1 rings (SSSR count). The van der Waals surface area contributed by atoms with Crippen molar-refractivity contribution in [2.45, 2.75) is 46.0 Å². The summed E-state index contributed by atoms with van der Waals surface area (Å²) in [5.74, 6) is 1.76. The number of hydrogen-bond acceptors (Lipinski definition) is 0. The molecule has 0 atom stereocenters. The summed E-state index contributed by atoms with van der Waals surface area (Å²) in [7, 11) is 0. The van der Waals surface area contributed by atoms with Crippen LogP contribution in [0.15, 0.2) is 0 Å². The molecule has 0 unspecified atom stereocenters. The Bertz CT molecular complexity index is 114. The molecule has 0 spiro atoms. The number of rotatable bonds is 5. The van der Waals surface area contributed by atoms with Gasteiger partial charge in [0.15, 0.2) is 0 Å². The van der Waals surface area contributed by atoms with Gasteiger partial charge in [-0.05, 0) is 30.6 Å². The predicted molar refractivity (Wildman–Crippen MR) is 51.1 cm³/mol. The Balaban J connectivity index is 2.03. The molecule has 0 aromatic heterocycles. The third-order valence-corrected chi connectivity index (χ3v) is 3.30. The van der Waals surface area contributed by atoms with Crippen molar-refractivity contribution in [1.82, 2.24) is 0 Å². The van der Waals surface area contributed by atoms with Crippen LogP contribution in [0, 0.1) is 11.3 Å². The zero-order chi connectivity index (χ0) is 8.32. The summed E-state index contributed by atoms with van der Waals surface area (Å²) in [4.78, 5) is 0. The molecular weight excluding hydrogens is 156 g/mol. The Morgan fingerprint density at radius 3 is 2.36 bits per heavy atom. The lowest BCUT2D eigenvalue weighted by molar-refractivity contribution is 0.448. The van der Waals surface area contributed by atoms with Gasteiger partial charge in [-0.25, -0.2) is 0 Å². The Morgan fingerprint density at radius 1 is 1.36 bits per heavy atom. The summed E-state index contributed by atoms with van der Waals surface area (Å²) in [6, 6.07) is 0. The maximum Gasteiger partial charge on any atom is 0.0280 e. The van der Waals surface area contributed by atoms with E-state index in [-0.39, 0.29) is 0 Å². The van der Waals surface area contributed by atoms with Gasteiger partial charge in [-0.3, -0.25) is 0 Å². The maximum absolute atomic E-state index is 5.87. The maximum atomic E-state index is 5.87. The summed E-state index contributed by atoms with van der Waals surface area (Å²) in [5.41, 5.74) is 0.594. The fourth-order valence-corrected chi connectivity index (χ4v) is 1.91. The minimum absolute atomic E-state index is 0.594. The van der Waals surface area contributed by atoms with Crippen LogP contribution < -0.4 is 0 Å². The van der Waals surface area contributed by atoms with E-state index in [0.29, 0.717) is 5.41 Å². The van der Waals surface area contributed by atoms with Crippen molar-refractivity contribution in [3.63, 3.8) is 0 Å². The fourth-order valence-electron chi connectivity index (χ4n) is 1.51. The molecule has 1 saturated carbocycles. The van der Waals surface area contributed by atoms with Crippen LogP contribution in [0.3, 0.4) is 0 Å². The molecule has 0 aromatic carbocycles. The minimum atomic E-state index is 0.594. The second-order valence-electron chi connectivity index (χ2n) is 4.42. The Morgan fingerprint density at radius 2 is 2.00 bits per heavy atom. The second-order valence-corrected chi connectivity index (χ2v) is 4.69. The topological polar surface area (TPSA) is 0 Å². The van der Waals surface area contributed by atoms with Crippen LogP contribution in [0.1, 0.15) is 46.0 Å². The molecule has 1 aliphatic carbocycles. The third-order valence-electron chi connectivity index (χ3n) is 2.73. The highest BCUT2D eigenvalue weighted by atomic mass is 35.5. The van der Waals surface area contributed by atoms with E-state index in [4.69, 9.17) is 11.6 Å². The van der Waals surface area contributed by atoms with Gasteiger partial charge in [0.1, 0.15) is 0 Å². The van der Waals surface area contributed by atoms with E-state index in [0.717, 1.165) is 11.8 Å². The molecule has 1 fully saturated rings. The Hall–Kier alpha value is 0.290. The molecule has 0 aliphatic heterocycles. The van der Waals surface area contributed by atoms with Crippen molar-refractivity contribution in [3.05, 3.63) is 0 Å². The SMILES string of the molecule is CC(C)CCCC1(CCl)CC1. The van der Waals surface area contributed by atoms with Crippen molar-refractivity contribution in [2.24, 2.45) is 11.3 Å². The molecule has 0 nitrogen and oxygen atoms in total. The molecule has 66 valence electrons. The molecule has 0 heterocycles. The normalized spacial score (nSPS) is 20.7. The standard InChI is InChI=1S/C10H19Cl/c1-9(2)4-3-5-10(8-11)6-7-10/h9H,3-8H2,1-2H3. The molecule has 11 heavy (non-hydrogen) atoms. The first-order valence-electron chi connectivity index (χ1n) is 4.74. The van der Waals surface area contributed by atoms with Crippen LogP contribution in [0.25, 0.3) is 0 Å². The summed E-state index contributed by atoms with van der Waals surface area (Å²) < 4.78 is 0. The number of halogens is 1. The lowest BCUT2D eigenvalue weighted by atomic mass is 9.98. The molecule has 1 aliphatic rings. The van der Waals surface area contributed by atoms with Crippen molar-refractivity contribution >= 4 is 11.6 Å². The third kappa shape index (κ3) is 3.02. The smallest absolute Gasteiger partial charge is 0.0280 e. The first-order chi connectivity index (χ1) is 5.18. The first kappa shape index (κ1) is 9.38. The van der Waals surface area contributed by atoms with E-state index in [1.165, 1.54) is 32.1 Å². The van der Waals surface area contributed by atoms with E-state index in [2.05, 4.69) is 13.8 Å². The Kier molecular flexibility index (Phi) is 3.24. The molecule has 0 saturated heterocycles. The summed E-state index contributed by atoms with van der Waals surface area (Å²) in [5, 5.41) is 0. The van der Waals surface area contributed by atoms with Gasteiger partial charge < -0.3 is 0 Å². The molecule has 0 N–H and O–H groups in total. The van der Waals surface area contributed by atoms with Crippen LogP contribution in [0.5, 0.6) is 0 Å². The summed E-state index contributed by atoms with van der Waals surface area (Å²) in [6.45, 7) is 4.58. The van der Waals surface area contributed by atoms with Gasteiger partial charge in [0.05, 0.1) is 0 Å². The van der Waals surface area contributed by atoms with E-state index in [1.54, 1.807) is 0 Å². The highest BCUT2D eigenvalue weighted by molar-refractivity contribution is 6.18. The molecule has 0 aromatic rings. The largest absolute Gasteiger partial charge is 0.126 e. The first-order valence-corrected chi connectivity index (χ1v) is 5.28. The fraction of sp³-hybridized carbons (Fsp3) is 1.00. The molecule has 0 amide bonds. The van der Waals surface area contributed by atoms with E-state index in [9.17, 15) is 0 Å². The minimum Gasteiger partial charge on any atom is -0.126 e. The van der Waals surface area contributed by atoms with Crippen LogP contribution in [-0.4, -0.2) is 5.88 Å². The van der Waals surface area contributed by atoms with Gasteiger partial charge >= 0.3 is 0 Å². The lowest BCUT2D eigenvalue weighted by Crippen LogP contribution is -2.02. The highest BCUT2D eigenvalue weighted by Crippen LogP contribution is 2.50. The van der Waals surface area contributed by atoms with Crippen molar-refractivity contribution in [2.75, 3.05) is 5.88 Å². The van der Waals surface area contributed by atoms with Gasteiger partial charge in [0, 0.05) is 5.88 Å². The quantitative estimate of drug-likeness (QED) is 0.556. The van der Waals surface area contributed by atoms with Crippen LogP contribution >= 0.6 is 11.6 Å². The van der Waals surface area contributed by atoms with E-state index in [1.807, 2.05) is 0 Å². The van der Waals surface area contributed by atoms with Gasteiger partial charge in [0.25, 0.3) is 0 Å². The van der Waals surface area contributed by atoms with Gasteiger partial charge in [-0.15, -0.1) is 11.6 Å². The highest BCUT2D eigenvalue weighted by Gasteiger charge is 2.40. The number of alkyl halides is 1. The van der Waals surface area contributed by atoms with Crippen molar-refractivity contribution < 1.29 is 0 Å². The van der Waals surface area contributed by atoms with Crippen LogP contribution in [-0.2, 0) is 0 Å². The average Bonchev–Trinajstić information content (AvgIpc) is 2.69. The Labute approximate surface area is 75.3 Å². The van der Waals surface area contributed by atoms with Crippen molar-refractivity contribution in [1.29, 1.82) is 0 Å². The zero-order valence-electron chi connectivity index (χ0n) is 7.70. The zero-order valence-corrected chi connectivity index (χ0v) is 8.45. The average molecular weight is 175 g/mol. The van der Waals surface area contributed by atoms with Crippen molar-refractivity contribution in [3.8, 4) is 0 Å². The molecule has 0 bridgehead atoms. The molecular formula is C10H19Cl. The molecule has 1 heteroatoms. The molecule has 0 radical (unpaired) electrons. The van der Waals surface area contributed by atoms with Crippen LogP contribution in [0.4, 0.5) is 0 Å². The van der Waals surface area contributed by atoms with Crippen LogP contribution in [0.2, 0.25) is 0 Å².